The van der Waals surface area contributed by atoms with Crippen molar-refractivity contribution in [2.24, 2.45) is 0 Å². The van der Waals surface area contributed by atoms with Gasteiger partial charge < -0.3 is 10.2 Å². The molecule has 1 heterocycles. The molecule has 1 aromatic rings. The standard InChI is InChI=1S/C16H23N3O4S/c1-13(20)14-3-5-15(6-4-14)24(22,23)19-11-9-18(10-12-19)16(21)7-8-17-2/h3-6,17H,7-12H2,1-2H3. The lowest BCUT2D eigenvalue weighted by molar-refractivity contribution is -0.132. The first-order chi connectivity index (χ1) is 11.4. The summed E-state index contributed by atoms with van der Waals surface area (Å²) in [5, 5.41) is 2.93. The zero-order valence-electron chi connectivity index (χ0n) is 14.0. The summed E-state index contributed by atoms with van der Waals surface area (Å²) in [6.45, 7) is 3.40. The van der Waals surface area contributed by atoms with E-state index in [1.807, 2.05) is 0 Å². The highest BCUT2D eigenvalue weighted by Gasteiger charge is 2.29. The van der Waals surface area contributed by atoms with Crippen LogP contribution in [-0.2, 0) is 14.8 Å². The lowest BCUT2D eigenvalue weighted by Gasteiger charge is -2.34. The van der Waals surface area contributed by atoms with E-state index in [2.05, 4.69) is 5.32 Å². The van der Waals surface area contributed by atoms with Gasteiger partial charge in [0, 0.05) is 44.7 Å². The first-order valence-corrected chi connectivity index (χ1v) is 9.34. The molecule has 7 nitrogen and oxygen atoms in total. The van der Waals surface area contributed by atoms with Gasteiger partial charge in [-0.25, -0.2) is 8.42 Å². The van der Waals surface area contributed by atoms with Crippen LogP contribution >= 0.6 is 0 Å². The van der Waals surface area contributed by atoms with Crippen molar-refractivity contribution in [2.75, 3.05) is 39.8 Å². The molecule has 1 amide bonds. The van der Waals surface area contributed by atoms with Crippen molar-refractivity contribution in [3.05, 3.63) is 29.8 Å². The summed E-state index contributed by atoms with van der Waals surface area (Å²) in [6, 6.07) is 5.95. The van der Waals surface area contributed by atoms with Gasteiger partial charge in [0.05, 0.1) is 4.90 Å². The molecule has 1 saturated heterocycles. The lowest BCUT2D eigenvalue weighted by Crippen LogP contribution is -2.50. The van der Waals surface area contributed by atoms with E-state index in [1.54, 1.807) is 11.9 Å². The van der Waals surface area contributed by atoms with Crippen molar-refractivity contribution in [1.29, 1.82) is 0 Å². The van der Waals surface area contributed by atoms with Crippen molar-refractivity contribution in [2.45, 2.75) is 18.2 Å². The van der Waals surface area contributed by atoms with Gasteiger partial charge >= 0.3 is 0 Å². The van der Waals surface area contributed by atoms with Crippen LogP contribution in [0.3, 0.4) is 0 Å². The number of nitrogens with one attached hydrogen (secondary N) is 1. The van der Waals surface area contributed by atoms with Crippen LogP contribution in [-0.4, -0.2) is 69.1 Å². The maximum atomic E-state index is 12.6. The molecular weight excluding hydrogens is 330 g/mol. The molecule has 0 bridgehead atoms. The number of sulfonamides is 1. The van der Waals surface area contributed by atoms with Crippen molar-refractivity contribution in [3.8, 4) is 0 Å². The lowest BCUT2D eigenvalue weighted by atomic mass is 10.2. The number of nitrogens with zero attached hydrogens (tertiary/aromatic N) is 2. The average molecular weight is 353 g/mol. The van der Waals surface area contributed by atoms with Crippen molar-refractivity contribution in [1.82, 2.24) is 14.5 Å². The Hall–Kier alpha value is -1.77. The van der Waals surface area contributed by atoms with E-state index in [9.17, 15) is 18.0 Å². The van der Waals surface area contributed by atoms with Gasteiger partial charge in [-0.15, -0.1) is 0 Å². The van der Waals surface area contributed by atoms with E-state index in [1.165, 1.54) is 35.5 Å². The number of benzene rings is 1. The van der Waals surface area contributed by atoms with Crippen LogP contribution in [0.1, 0.15) is 23.7 Å². The maximum Gasteiger partial charge on any atom is 0.243 e. The first kappa shape index (κ1) is 18.6. The Morgan fingerprint density at radius 1 is 1.08 bits per heavy atom. The van der Waals surface area contributed by atoms with Gasteiger partial charge in [-0.3, -0.25) is 9.59 Å². The summed E-state index contributed by atoms with van der Waals surface area (Å²) in [6.07, 6.45) is 0.412. The molecule has 1 aliphatic rings. The van der Waals surface area contributed by atoms with Crippen LogP contribution < -0.4 is 5.32 Å². The molecular formula is C16H23N3O4S. The van der Waals surface area contributed by atoms with E-state index in [0.29, 0.717) is 31.6 Å². The summed E-state index contributed by atoms with van der Waals surface area (Å²) in [5.41, 5.74) is 0.480. The van der Waals surface area contributed by atoms with Crippen molar-refractivity contribution in [3.63, 3.8) is 0 Å². The van der Waals surface area contributed by atoms with Crippen molar-refractivity contribution < 1.29 is 18.0 Å². The van der Waals surface area contributed by atoms with Crippen molar-refractivity contribution >= 4 is 21.7 Å². The highest BCUT2D eigenvalue weighted by molar-refractivity contribution is 7.89. The van der Waals surface area contributed by atoms with Gasteiger partial charge in [-0.05, 0) is 26.1 Å². The van der Waals surface area contributed by atoms with Gasteiger partial charge in [-0.2, -0.15) is 4.31 Å². The Morgan fingerprint density at radius 2 is 1.67 bits per heavy atom. The number of carbonyl (C=O) groups excluding carboxylic acids is 2. The Labute approximate surface area is 142 Å². The SMILES string of the molecule is CNCCC(=O)N1CCN(S(=O)(=O)c2ccc(C(C)=O)cc2)CC1. The molecule has 0 unspecified atom stereocenters. The second-order valence-electron chi connectivity index (χ2n) is 5.72. The predicted octanol–water partition coefficient (Wildman–Crippen LogP) is 0.332. The molecule has 8 heteroatoms. The fourth-order valence-corrected chi connectivity index (χ4v) is 4.00. The second-order valence-corrected chi connectivity index (χ2v) is 7.66. The third-order valence-electron chi connectivity index (χ3n) is 4.08. The third-order valence-corrected chi connectivity index (χ3v) is 5.99. The van der Waals surface area contributed by atoms with E-state index in [4.69, 9.17) is 0 Å². The summed E-state index contributed by atoms with van der Waals surface area (Å²) in [7, 11) is -1.81. The summed E-state index contributed by atoms with van der Waals surface area (Å²) < 4.78 is 26.7. The number of rotatable bonds is 6. The number of ketones is 1. The quantitative estimate of drug-likeness (QED) is 0.745. The Kier molecular flexibility index (Phi) is 6.09. The molecule has 1 N–H and O–H groups in total. The van der Waals surface area contributed by atoms with Crippen LogP contribution in [0, 0.1) is 0 Å². The van der Waals surface area contributed by atoms with Crippen LogP contribution in [0.4, 0.5) is 0 Å². The maximum absolute atomic E-state index is 12.6. The number of hydrogen-bond acceptors (Lipinski definition) is 5. The number of hydrogen-bond donors (Lipinski definition) is 1. The van der Waals surface area contributed by atoms with E-state index in [-0.39, 0.29) is 29.7 Å². The Bertz CT molecular complexity index is 693. The number of Topliss-reactive ketones (excluding diaryl/α,β-unsaturated/α-hetero) is 1. The topological polar surface area (TPSA) is 86.8 Å². The van der Waals surface area contributed by atoms with Gasteiger partial charge in [-0.1, -0.05) is 12.1 Å². The average Bonchev–Trinajstić information content (AvgIpc) is 2.59. The smallest absolute Gasteiger partial charge is 0.243 e. The zero-order chi connectivity index (χ0) is 17.7. The minimum atomic E-state index is -3.60. The molecule has 1 aliphatic heterocycles. The summed E-state index contributed by atoms with van der Waals surface area (Å²) >= 11 is 0. The monoisotopic (exact) mass is 353 g/mol. The molecule has 0 radical (unpaired) electrons. The van der Waals surface area contributed by atoms with E-state index < -0.39 is 10.0 Å². The Balaban J connectivity index is 2.02. The molecule has 24 heavy (non-hydrogen) atoms. The van der Waals surface area contributed by atoms with Gasteiger partial charge in [0.1, 0.15) is 0 Å². The fourth-order valence-electron chi connectivity index (χ4n) is 2.58. The minimum Gasteiger partial charge on any atom is -0.340 e. The summed E-state index contributed by atoms with van der Waals surface area (Å²) in [4.78, 5) is 25.1. The van der Waals surface area contributed by atoms with Crippen LogP contribution in [0.25, 0.3) is 0 Å². The zero-order valence-corrected chi connectivity index (χ0v) is 14.8. The molecule has 1 aromatic carbocycles. The molecule has 132 valence electrons. The number of carbonyl (C=O) groups is 2. The van der Waals surface area contributed by atoms with Gasteiger partial charge in [0.2, 0.25) is 15.9 Å². The van der Waals surface area contributed by atoms with Crippen LogP contribution in [0.15, 0.2) is 29.2 Å². The highest BCUT2D eigenvalue weighted by atomic mass is 32.2. The molecule has 2 rings (SSSR count). The minimum absolute atomic E-state index is 0.0345. The molecule has 0 saturated carbocycles. The van der Waals surface area contributed by atoms with Crippen LogP contribution in [0.5, 0.6) is 0 Å². The molecule has 0 aromatic heterocycles. The van der Waals surface area contributed by atoms with Gasteiger partial charge in [0.25, 0.3) is 0 Å². The largest absolute Gasteiger partial charge is 0.340 e. The second kappa shape index (κ2) is 7.87. The van der Waals surface area contributed by atoms with Crippen LogP contribution in [0.2, 0.25) is 0 Å². The molecule has 0 atom stereocenters. The Morgan fingerprint density at radius 3 is 2.17 bits per heavy atom. The van der Waals surface area contributed by atoms with E-state index >= 15 is 0 Å². The normalized spacial score (nSPS) is 16.2. The third kappa shape index (κ3) is 4.19. The van der Waals surface area contributed by atoms with E-state index in [0.717, 1.165) is 0 Å². The highest BCUT2D eigenvalue weighted by Crippen LogP contribution is 2.18. The first-order valence-electron chi connectivity index (χ1n) is 7.90. The number of amides is 1. The molecule has 0 aliphatic carbocycles. The fraction of sp³-hybridized carbons (Fsp3) is 0.500. The summed E-state index contributed by atoms with van der Waals surface area (Å²) in [5.74, 6) is -0.0696. The molecule has 0 spiro atoms. The predicted molar refractivity (Wildman–Crippen MR) is 90.3 cm³/mol. The van der Waals surface area contributed by atoms with Gasteiger partial charge in [0.15, 0.2) is 5.78 Å². The molecule has 1 fully saturated rings. The number of piperazine rings is 1.